The van der Waals surface area contributed by atoms with Gasteiger partial charge in [0.2, 0.25) is 0 Å². The predicted octanol–water partition coefficient (Wildman–Crippen LogP) is 3.71. The van der Waals surface area contributed by atoms with Crippen LogP contribution in [-0.2, 0) is 16.7 Å². The van der Waals surface area contributed by atoms with Crippen molar-refractivity contribution in [3.63, 3.8) is 0 Å². The second-order valence-corrected chi connectivity index (χ2v) is 7.59. The first-order valence-corrected chi connectivity index (χ1v) is 8.21. The van der Waals surface area contributed by atoms with Gasteiger partial charge in [-0.05, 0) is 57.2 Å². The van der Waals surface area contributed by atoms with Crippen molar-refractivity contribution in [2.45, 2.75) is 64.0 Å². The Morgan fingerprint density at radius 1 is 1.27 bits per heavy atom. The van der Waals surface area contributed by atoms with Crippen LogP contribution in [0.5, 0.6) is 0 Å². The predicted molar refractivity (Wildman–Crippen MR) is 88.1 cm³/mol. The number of hydrogen-bond donors (Lipinski definition) is 1. The van der Waals surface area contributed by atoms with Gasteiger partial charge in [0.1, 0.15) is 5.60 Å². The van der Waals surface area contributed by atoms with E-state index in [1.54, 1.807) is 4.90 Å². The fourth-order valence-corrected chi connectivity index (χ4v) is 3.51. The number of fused-ring (bicyclic) bond motifs is 1. The largest absolute Gasteiger partial charge is 0.443 e. The molecule has 0 spiro atoms. The maximum Gasteiger partial charge on any atom is 0.414 e. The van der Waals surface area contributed by atoms with Crippen LogP contribution >= 0.6 is 0 Å². The monoisotopic (exact) mass is 302 g/mol. The Balaban J connectivity index is 1.83. The lowest BCUT2D eigenvalue weighted by molar-refractivity contribution is 0.0584. The van der Waals surface area contributed by atoms with Crippen LogP contribution in [0.4, 0.5) is 10.5 Å². The van der Waals surface area contributed by atoms with Gasteiger partial charge in [-0.1, -0.05) is 25.0 Å². The molecule has 0 saturated heterocycles. The number of rotatable bonds is 1. The molecule has 1 saturated carbocycles. The number of nitrogens with two attached hydrogens (primary N) is 1. The van der Waals surface area contributed by atoms with E-state index in [4.69, 9.17) is 10.5 Å². The van der Waals surface area contributed by atoms with Gasteiger partial charge in [0.25, 0.3) is 0 Å². The molecule has 1 heterocycles. The third-order valence-corrected chi connectivity index (χ3v) is 4.66. The smallest absolute Gasteiger partial charge is 0.414 e. The molecule has 1 aromatic rings. The molecular weight excluding hydrogens is 276 g/mol. The van der Waals surface area contributed by atoms with Crippen LogP contribution < -0.4 is 10.6 Å². The number of hydrogen-bond acceptors (Lipinski definition) is 3. The average Bonchev–Trinajstić information content (AvgIpc) is 3.02. The molecule has 0 unspecified atom stereocenters. The van der Waals surface area contributed by atoms with Crippen molar-refractivity contribution in [2.24, 2.45) is 5.73 Å². The van der Waals surface area contributed by atoms with Crippen molar-refractivity contribution in [2.75, 3.05) is 11.4 Å². The molecule has 120 valence electrons. The van der Waals surface area contributed by atoms with Crippen LogP contribution in [0.25, 0.3) is 0 Å². The topological polar surface area (TPSA) is 55.6 Å². The van der Waals surface area contributed by atoms with E-state index in [9.17, 15) is 4.79 Å². The van der Waals surface area contributed by atoms with Gasteiger partial charge in [0.05, 0.1) is 5.69 Å². The van der Waals surface area contributed by atoms with Crippen molar-refractivity contribution in [1.29, 1.82) is 0 Å². The minimum absolute atomic E-state index is 0.172. The standard InChI is InChI=1S/C18H26N2O2/c1-17(2,3)22-16(21)20-11-8-13-12-14(6-7-15(13)20)18(19)9-4-5-10-18/h6-7,12H,4-5,8-11,19H2,1-3H3. The number of carbonyl (C=O) groups is 1. The maximum atomic E-state index is 12.3. The zero-order valence-electron chi connectivity index (χ0n) is 13.8. The third kappa shape index (κ3) is 2.84. The molecule has 2 aliphatic rings. The molecule has 0 aromatic heterocycles. The van der Waals surface area contributed by atoms with Crippen molar-refractivity contribution in [3.05, 3.63) is 29.3 Å². The fourth-order valence-electron chi connectivity index (χ4n) is 3.51. The van der Waals surface area contributed by atoms with E-state index >= 15 is 0 Å². The molecule has 0 atom stereocenters. The highest BCUT2D eigenvalue weighted by atomic mass is 16.6. The molecular formula is C18H26N2O2. The highest BCUT2D eigenvalue weighted by Crippen LogP contribution is 2.39. The molecule has 1 aromatic carbocycles. The summed E-state index contributed by atoms with van der Waals surface area (Å²) in [5, 5.41) is 0. The summed E-state index contributed by atoms with van der Waals surface area (Å²) in [6.07, 6.45) is 5.14. The van der Waals surface area contributed by atoms with Crippen molar-refractivity contribution in [1.82, 2.24) is 0 Å². The van der Waals surface area contributed by atoms with Crippen molar-refractivity contribution in [3.8, 4) is 0 Å². The van der Waals surface area contributed by atoms with Crippen LogP contribution in [0.2, 0.25) is 0 Å². The van der Waals surface area contributed by atoms with Gasteiger partial charge in [0.15, 0.2) is 0 Å². The summed E-state index contributed by atoms with van der Waals surface area (Å²) in [4.78, 5) is 14.0. The lowest BCUT2D eigenvalue weighted by Crippen LogP contribution is -2.35. The van der Waals surface area contributed by atoms with Crippen molar-refractivity contribution < 1.29 is 9.53 Å². The quantitative estimate of drug-likeness (QED) is 0.860. The number of nitrogens with zero attached hydrogens (tertiary/aromatic N) is 1. The van der Waals surface area contributed by atoms with Gasteiger partial charge in [-0.2, -0.15) is 0 Å². The van der Waals surface area contributed by atoms with Gasteiger partial charge in [-0.25, -0.2) is 4.79 Å². The Labute approximate surface area is 132 Å². The van der Waals surface area contributed by atoms with E-state index in [0.717, 1.165) is 24.9 Å². The minimum atomic E-state index is -0.467. The second kappa shape index (κ2) is 5.27. The van der Waals surface area contributed by atoms with Crippen LogP contribution in [0.1, 0.15) is 57.6 Å². The average molecular weight is 302 g/mol. The maximum absolute atomic E-state index is 12.3. The zero-order chi connectivity index (χ0) is 16.0. The first kappa shape index (κ1) is 15.3. The molecule has 1 fully saturated rings. The SMILES string of the molecule is CC(C)(C)OC(=O)N1CCc2cc(C3(N)CCCC3)ccc21. The molecule has 3 rings (SSSR count). The Morgan fingerprint density at radius 3 is 2.59 bits per heavy atom. The van der Waals surface area contributed by atoms with Gasteiger partial charge in [0, 0.05) is 12.1 Å². The molecule has 4 nitrogen and oxygen atoms in total. The molecule has 2 N–H and O–H groups in total. The molecule has 0 bridgehead atoms. The van der Waals surface area contributed by atoms with E-state index < -0.39 is 5.60 Å². The summed E-state index contributed by atoms with van der Waals surface area (Å²) in [7, 11) is 0. The summed E-state index contributed by atoms with van der Waals surface area (Å²) >= 11 is 0. The van der Waals surface area contributed by atoms with E-state index in [2.05, 4.69) is 12.1 Å². The van der Waals surface area contributed by atoms with Gasteiger partial charge < -0.3 is 10.5 Å². The molecule has 1 amide bonds. The Hall–Kier alpha value is -1.55. The van der Waals surface area contributed by atoms with Crippen LogP contribution in [-0.4, -0.2) is 18.2 Å². The van der Waals surface area contributed by atoms with Crippen LogP contribution in [0.3, 0.4) is 0 Å². The molecule has 1 aliphatic heterocycles. The lowest BCUT2D eigenvalue weighted by Gasteiger charge is -2.26. The molecule has 1 aliphatic carbocycles. The Bertz CT molecular complexity index is 583. The Morgan fingerprint density at radius 2 is 1.95 bits per heavy atom. The number of benzene rings is 1. The minimum Gasteiger partial charge on any atom is -0.443 e. The summed E-state index contributed by atoms with van der Waals surface area (Å²) in [6, 6.07) is 6.33. The molecule has 22 heavy (non-hydrogen) atoms. The number of ether oxygens (including phenoxy) is 1. The molecule has 4 heteroatoms. The first-order valence-electron chi connectivity index (χ1n) is 8.21. The molecule has 0 radical (unpaired) electrons. The van der Waals surface area contributed by atoms with Gasteiger partial charge >= 0.3 is 6.09 Å². The van der Waals surface area contributed by atoms with E-state index in [1.807, 2.05) is 26.8 Å². The summed E-state index contributed by atoms with van der Waals surface area (Å²) < 4.78 is 5.49. The summed E-state index contributed by atoms with van der Waals surface area (Å²) in [5.41, 5.74) is 9.31. The summed E-state index contributed by atoms with van der Waals surface area (Å²) in [5.74, 6) is 0. The fraction of sp³-hybridized carbons (Fsp3) is 0.611. The number of carbonyl (C=O) groups excluding carboxylic acids is 1. The normalized spacial score (nSPS) is 20.1. The zero-order valence-corrected chi connectivity index (χ0v) is 13.8. The van der Waals surface area contributed by atoms with Crippen molar-refractivity contribution >= 4 is 11.8 Å². The van der Waals surface area contributed by atoms with E-state index in [0.29, 0.717) is 6.54 Å². The number of amides is 1. The first-order chi connectivity index (χ1) is 10.3. The van der Waals surface area contributed by atoms with E-state index in [1.165, 1.54) is 24.0 Å². The Kier molecular flexibility index (Phi) is 3.68. The van der Waals surface area contributed by atoms with Gasteiger partial charge in [-0.3, -0.25) is 4.90 Å². The summed E-state index contributed by atoms with van der Waals surface area (Å²) in [6.45, 7) is 6.36. The van der Waals surface area contributed by atoms with E-state index in [-0.39, 0.29) is 11.6 Å². The van der Waals surface area contributed by atoms with Gasteiger partial charge in [-0.15, -0.1) is 0 Å². The van der Waals surface area contributed by atoms with Crippen LogP contribution in [0, 0.1) is 0 Å². The highest BCUT2D eigenvalue weighted by molar-refractivity contribution is 5.90. The number of anilines is 1. The second-order valence-electron chi connectivity index (χ2n) is 7.59. The third-order valence-electron chi connectivity index (χ3n) is 4.66. The highest BCUT2D eigenvalue weighted by Gasteiger charge is 2.34. The van der Waals surface area contributed by atoms with Crippen LogP contribution in [0.15, 0.2) is 18.2 Å². The lowest BCUT2D eigenvalue weighted by atomic mass is 9.88.